The first-order valence-electron chi connectivity index (χ1n) is 6.03. The third kappa shape index (κ3) is 6.08. The molecule has 0 aromatic carbocycles. The predicted octanol–water partition coefficient (Wildman–Crippen LogP) is 1.07. The van der Waals surface area contributed by atoms with Crippen LogP contribution in [0.2, 0.25) is 0 Å². The van der Waals surface area contributed by atoms with Gasteiger partial charge in [0.1, 0.15) is 0 Å². The maximum Gasteiger partial charge on any atom is 0.309 e. The summed E-state index contributed by atoms with van der Waals surface area (Å²) < 4.78 is 4.70. The third-order valence-electron chi connectivity index (χ3n) is 2.88. The van der Waals surface area contributed by atoms with Crippen molar-refractivity contribution in [1.29, 1.82) is 0 Å². The first-order chi connectivity index (χ1) is 7.54. The average molecular weight is 230 g/mol. The zero-order valence-electron chi connectivity index (χ0n) is 11.3. The second-order valence-electron chi connectivity index (χ2n) is 4.21. The van der Waals surface area contributed by atoms with E-state index in [1.807, 2.05) is 14.0 Å². The van der Waals surface area contributed by atoms with E-state index in [1.165, 1.54) is 7.11 Å². The molecule has 0 saturated heterocycles. The van der Waals surface area contributed by atoms with Gasteiger partial charge in [0.05, 0.1) is 13.0 Å². The van der Waals surface area contributed by atoms with Crippen LogP contribution < -0.4 is 0 Å². The number of likely N-dealkylation sites (N-methyl/N-ethyl adjacent to an activating group) is 2. The minimum absolute atomic E-state index is 0.0493. The van der Waals surface area contributed by atoms with Gasteiger partial charge >= 0.3 is 5.97 Å². The van der Waals surface area contributed by atoms with Crippen molar-refractivity contribution < 1.29 is 9.53 Å². The standard InChI is InChI=1S/C12H26N2O2/c1-6-14(7-2)9-8-13(4)10-11(3)12(15)16-5/h11H,6-10H2,1-5H3. The predicted molar refractivity (Wildman–Crippen MR) is 66.5 cm³/mol. The van der Waals surface area contributed by atoms with Gasteiger partial charge < -0.3 is 14.5 Å². The highest BCUT2D eigenvalue weighted by Gasteiger charge is 2.15. The summed E-state index contributed by atoms with van der Waals surface area (Å²) in [6.45, 7) is 11.2. The van der Waals surface area contributed by atoms with Crippen molar-refractivity contribution in [3.63, 3.8) is 0 Å². The topological polar surface area (TPSA) is 32.8 Å². The van der Waals surface area contributed by atoms with E-state index in [4.69, 9.17) is 4.74 Å². The van der Waals surface area contributed by atoms with E-state index < -0.39 is 0 Å². The summed E-state index contributed by atoms with van der Waals surface area (Å²) in [4.78, 5) is 15.8. The van der Waals surface area contributed by atoms with Gasteiger partial charge in [-0.05, 0) is 20.1 Å². The number of nitrogens with zero attached hydrogens (tertiary/aromatic N) is 2. The lowest BCUT2D eigenvalue weighted by atomic mass is 10.2. The van der Waals surface area contributed by atoms with Crippen molar-refractivity contribution in [3.05, 3.63) is 0 Å². The normalized spacial score (nSPS) is 13.2. The molecule has 16 heavy (non-hydrogen) atoms. The highest BCUT2D eigenvalue weighted by atomic mass is 16.5. The van der Waals surface area contributed by atoms with Crippen LogP contribution in [0.3, 0.4) is 0 Å². The van der Waals surface area contributed by atoms with Crippen molar-refractivity contribution >= 4 is 5.97 Å². The molecule has 0 bridgehead atoms. The van der Waals surface area contributed by atoms with E-state index in [2.05, 4.69) is 23.6 Å². The van der Waals surface area contributed by atoms with Gasteiger partial charge in [-0.3, -0.25) is 4.79 Å². The number of esters is 1. The van der Waals surface area contributed by atoms with Crippen LogP contribution in [-0.2, 0) is 9.53 Å². The Morgan fingerprint density at radius 2 is 1.81 bits per heavy atom. The summed E-state index contributed by atoms with van der Waals surface area (Å²) in [5.74, 6) is -0.179. The van der Waals surface area contributed by atoms with Crippen LogP contribution in [0.5, 0.6) is 0 Å². The zero-order valence-corrected chi connectivity index (χ0v) is 11.3. The molecule has 0 radical (unpaired) electrons. The fraction of sp³-hybridized carbons (Fsp3) is 0.917. The van der Waals surface area contributed by atoms with E-state index in [-0.39, 0.29) is 11.9 Å². The zero-order chi connectivity index (χ0) is 12.6. The van der Waals surface area contributed by atoms with Gasteiger partial charge in [0.15, 0.2) is 0 Å². The van der Waals surface area contributed by atoms with Crippen LogP contribution in [0.25, 0.3) is 0 Å². The Balaban J connectivity index is 3.81. The third-order valence-corrected chi connectivity index (χ3v) is 2.88. The summed E-state index contributed by atoms with van der Waals surface area (Å²) in [5, 5.41) is 0. The smallest absolute Gasteiger partial charge is 0.309 e. The van der Waals surface area contributed by atoms with E-state index in [0.717, 1.165) is 32.7 Å². The number of rotatable bonds is 8. The minimum atomic E-state index is -0.130. The molecule has 0 aromatic heterocycles. The number of hydrogen-bond acceptors (Lipinski definition) is 4. The quantitative estimate of drug-likeness (QED) is 0.584. The maximum atomic E-state index is 11.2. The fourth-order valence-corrected chi connectivity index (χ4v) is 1.69. The molecule has 0 heterocycles. The Morgan fingerprint density at radius 1 is 1.25 bits per heavy atom. The van der Waals surface area contributed by atoms with Crippen LogP contribution >= 0.6 is 0 Å². The summed E-state index contributed by atoms with van der Waals surface area (Å²) in [5.41, 5.74) is 0. The van der Waals surface area contributed by atoms with Gasteiger partial charge in [0, 0.05) is 19.6 Å². The molecule has 0 saturated carbocycles. The Labute approximate surface area is 99.5 Å². The van der Waals surface area contributed by atoms with E-state index in [9.17, 15) is 4.79 Å². The van der Waals surface area contributed by atoms with Crippen molar-refractivity contribution in [2.45, 2.75) is 20.8 Å². The number of carbonyl (C=O) groups is 1. The fourth-order valence-electron chi connectivity index (χ4n) is 1.69. The summed E-state index contributed by atoms with van der Waals surface area (Å²) >= 11 is 0. The molecule has 96 valence electrons. The first kappa shape index (κ1) is 15.4. The van der Waals surface area contributed by atoms with Crippen LogP contribution in [0, 0.1) is 5.92 Å². The molecule has 0 aliphatic carbocycles. The van der Waals surface area contributed by atoms with E-state index in [1.54, 1.807) is 0 Å². The summed E-state index contributed by atoms with van der Waals surface area (Å²) in [7, 11) is 3.48. The van der Waals surface area contributed by atoms with Crippen LogP contribution in [0.4, 0.5) is 0 Å². The van der Waals surface area contributed by atoms with E-state index in [0.29, 0.717) is 0 Å². The Hall–Kier alpha value is -0.610. The van der Waals surface area contributed by atoms with Gasteiger partial charge in [0.25, 0.3) is 0 Å². The van der Waals surface area contributed by atoms with Gasteiger partial charge in [-0.15, -0.1) is 0 Å². The van der Waals surface area contributed by atoms with Gasteiger partial charge in [0.2, 0.25) is 0 Å². The molecular formula is C12H26N2O2. The SMILES string of the molecule is CCN(CC)CCN(C)CC(C)C(=O)OC. The maximum absolute atomic E-state index is 11.2. The number of methoxy groups -OCH3 is 1. The second-order valence-corrected chi connectivity index (χ2v) is 4.21. The van der Waals surface area contributed by atoms with Crippen molar-refractivity contribution in [2.75, 3.05) is 46.9 Å². The summed E-state index contributed by atoms with van der Waals surface area (Å²) in [6, 6.07) is 0. The molecule has 0 amide bonds. The van der Waals surface area contributed by atoms with Crippen molar-refractivity contribution in [3.8, 4) is 0 Å². The molecule has 4 heteroatoms. The summed E-state index contributed by atoms with van der Waals surface area (Å²) in [6.07, 6.45) is 0. The molecule has 1 atom stereocenters. The number of carbonyl (C=O) groups excluding carboxylic acids is 1. The van der Waals surface area contributed by atoms with Crippen LogP contribution in [-0.4, -0.2) is 62.7 Å². The molecule has 0 aromatic rings. The van der Waals surface area contributed by atoms with E-state index >= 15 is 0 Å². The monoisotopic (exact) mass is 230 g/mol. The highest BCUT2D eigenvalue weighted by Crippen LogP contribution is 2.00. The van der Waals surface area contributed by atoms with Crippen LogP contribution in [0.15, 0.2) is 0 Å². The molecular weight excluding hydrogens is 204 g/mol. The highest BCUT2D eigenvalue weighted by molar-refractivity contribution is 5.71. The average Bonchev–Trinajstić information content (AvgIpc) is 2.29. The lowest BCUT2D eigenvalue weighted by Gasteiger charge is -2.24. The molecule has 1 unspecified atom stereocenters. The van der Waals surface area contributed by atoms with Gasteiger partial charge in [-0.1, -0.05) is 20.8 Å². The Kier molecular flexibility index (Phi) is 8.21. The lowest BCUT2D eigenvalue weighted by Crippen LogP contribution is -2.36. The van der Waals surface area contributed by atoms with Crippen LogP contribution in [0.1, 0.15) is 20.8 Å². The number of ether oxygens (including phenoxy) is 1. The molecule has 0 N–H and O–H groups in total. The molecule has 0 aliphatic rings. The molecule has 0 rings (SSSR count). The van der Waals surface area contributed by atoms with Crippen molar-refractivity contribution in [1.82, 2.24) is 9.80 Å². The molecule has 0 spiro atoms. The van der Waals surface area contributed by atoms with Gasteiger partial charge in [-0.2, -0.15) is 0 Å². The molecule has 0 aliphatic heterocycles. The Bertz CT molecular complexity index is 193. The number of hydrogen-bond donors (Lipinski definition) is 0. The second kappa shape index (κ2) is 8.53. The van der Waals surface area contributed by atoms with Crippen molar-refractivity contribution in [2.24, 2.45) is 5.92 Å². The van der Waals surface area contributed by atoms with Gasteiger partial charge in [-0.25, -0.2) is 0 Å². The first-order valence-corrected chi connectivity index (χ1v) is 6.03. The Morgan fingerprint density at radius 3 is 2.25 bits per heavy atom. The largest absolute Gasteiger partial charge is 0.469 e. The molecule has 4 nitrogen and oxygen atoms in total. The molecule has 0 fully saturated rings. The minimum Gasteiger partial charge on any atom is -0.469 e. The lowest BCUT2D eigenvalue weighted by molar-refractivity contribution is -0.145.